The van der Waals surface area contributed by atoms with Crippen LogP contribution in [0.15, 0.2) is 15.9 Å². The fourth-order valence-corrected chi connectivity index (χ4v) is 4.09. The lowest BCUT2D eigenvalue weighted by Gasteiger charge is -2.33. The minimum absolute atomic E-state index is 0.0523. The van der Waals surface area contributed by atoms with Gasteiger partial charge in [0.25, 0.3) is 0 Å². The fourth-order valence-electron chi connectivity index (χ4n) is 2.44. The Hall–Kier alpha value is -0.430. The molecule has 0 bridgehead atoms. The number of carbonyl (C=O) groups excluding carboxylic acids is 1. The van der Waals surface area contributed by atoms with Crippen LogP contribution in [-0.2, 0) is 4.79 Å². The van der Waals surface area contributed by atoms with Gasteiger partial charge in [0, 0.05) is 33.9 Å². The molecule has 0 aliphatic carbocycles. The molecule has 106 valence electrons. The van der Waals surface area contributed by atoms with E-state index in [0.29, 0.717) is 6.54 Å². The molecule has 4 nitrogen and oxygen atoms in total. The maximum absolute atomic E-state index is 11.7. The van der Waals surface area contributed by atoms with E-state index < -0.39 is 0 Å². The Labute approximate surface area is 126 Å². The highest BCUT2D eigenvalue weighted by Crippen LogP contribution is 2.32. The highest BCUT2D eigenvalue weighted by molar-refractivity contribution is 9.10. The molecule has 1 amide bonds. The summed E-state index contributed by atoms with van der Waals surface area (Å²) in [6.45, 7) is 4.20. The van der Waals surface area contributed by atoms with Crippen LogP contribution in [0.4, 0.5) is 0 Å². The first-order valence-corrected chi connectivity index (χ1v) is 8.29. The van der Waals surface area contributed by atoms with Crippen LogP contribution >= 0.6 is 27.3 Å². The highest BCUT2D eigenvalue weighted by atomic mass is 79.9. The van der Waals surface area contributed by atoms with Crippen molar-refractivity contribution in [1.29, 1.82) is 0 Å². The smallest absolute Gasteiger partial charge is 0.234 e. The first-order valence-electron chi connectivity index (χ1n) is 6.62. The van der Waals surface area contributed by atoms with Crippen LogP contribution in [0.3, 0.4) is 0 Å². The number of rotatable bonds is 4. The summed E-state index contributed by atoms with van der Waals surface area (Å²) in [6.07, 6.45) is 1.88. The normalized spacial score (nSPS) is 20.7. The van der Waals surface area contributed by atoms with Crippen molar-refractivity contribution >= 4 is 33.2 Å². The average molecular weight is 346 g/mol. The Morgan fingerprint density at radius 1 is 1.63 bits per heavy atom. The summed E-state index contributed by atoms with van der Waals surface area (Å²) in [7, 11) is 0. The van der Waals surface area contributed by atoms with Crippen molar-refractivity contribution in [1.82, 2.24) is 10.2 Å². The number of carbonyl (C=O) groups is 1. The topological polar surface area (TPSA) is 58.4 Å². The van der Waals surface area contributed by atoms with Crippen molar-refractivity contribution in [2.45, 2.75) is 31.8 Å². The van der Waals surface area contributed by atoms with E-state index in [9.17, 15) is 4.79 Å². The van der Waals surface area contributed by atoms with Crippen molar-refractivity contribution in [2.24, 2.45) is 5.73 Å². The minimum Gasteiger partial charge on any atom is -0.355 e. The van der Waals surface area contributed by atoms with E-state index in [0.717, 1.165) is 30.4 Å². The third-order valence-corrected chi connectivity index (χ3v) is 5.20. The zero-order chi connectivity index (χ0) is 13.8. The summed E-state index contributed by atoms with van der Waals surface area (Å²) in [5.74, 6) is 0.0985. The predicted octanol–water partition coefficient (Wildman–Crippen LogP) is 2.11. The highest BCUT2D eigenvalue weighted by Gasteiger charge is 2.29. The van der Waals surface area contributed by atoms with Crippen molar-refractivity contribution in [3.8, 4) is 0 Å². The summed E-state index contributed by atoms with van der Waals surface area (Å²) in [4.78, 5) is 15.2. The van der Waals surface area contributed by atoms with Gasteiger partial charge < -0.3 is 11.1 Å². The molecule has 1 fully saturated rings. The lowest BCUT2D eigenvalue weighted by Crippen LogP contribution is -2.43. The second kappa shape index (κ2) is 6.83. The molecule has 1 aliphatic heterocycles. The summed E-state index contributed by atoms with van der Waals surface area (Å²) >= 11 is 5.20. The molecule has 2 rings (SSSR count). The molecule has 0 aromatic carbocycles. The number of amides is 1. The Balaban J connectivity index is 2.23. The number of hydrogen-bond donors (Lipinski definition) is 2. The summed E-state index contributed by atoms with van der Waals surface area (Å²) in [5, 5.41) is 4.99. The molecule has 2 unspecified atom stereocenters. The van der Waals surface area contributed by atoms with Crippen LogP contribution in [0.1, 0.15) is 30.7 Å². The van der Waals surface area contributed by atoms with Crippen molar-refractivity contribution in [3.05, 3.63) is 20.8 Å². The SMILES string of the molecule is CCC(N)C(c1cc(Br)cs1)N1CCCNC(=O)C1. The van der Waals surface area contributed by atoms with Crippen molar-refractivity contribution in [3.63, 3.8) is 0 Å². The molecule has 3 N–H and O–H groups in total. The molecule has 0 radical (unpaired) electrons. The van der Waals surface area contributed by atoms with E-state index in [1.54, 1.807) is 11.3 Å². The number of nitrogens with one attached hydrogen (secondary N) is 1. The lowest BCUT2D eigenvalue weighted by molar-refractivity contribution is -0.122. The second-order valence-corrected chi connectivity index (χ2v) is 6.72. The van der Waals surface area contributed by atoms with Gasteiger partial charge in [-0.3, -0.25) is 9.69 Å². The molecule has 1 saturated heterocycles. The fraction of sp³-hybridized carbons (Fsp3) is 0.615. The Morgan fingerprint density at radius 2 is 2.42 bits per heavy atom. The van der Waals surface area contributed by atoms with Gasteiger partial charge in [-0.1, -0.05) is 6.92 Å². The number of thiophene rings is 1. The number of halogens is 1. The Bertz CT molecular complexity index is 437. The summed E-state index contributed by atoms with van der Waals surface area (Å²) in [6, 6.07) is 2.30. The Morgan fingerprint density at radius 3 is 3.05 bits per heavy atom. The van der Waals surface area contributed by atoms with Crippen LogP contribution in [-0.4, -0.2) is 36.5 Å². The average Bonchev–Trinajstić information content (AvgIpc) is 2.68. The van der Waals surface area contributed by atoms with Gasteiger partial charge in [-0.15, -0.1) is 11.3 Å². The van der Waals surface area contributed by atoms with E-state index in [4.69, 9.17) is 5.73 Å². The van der Waals surface area contributed by atoms with Gasteiger partial charge in [0.2, 0.25) is 5.91 Å². The third kappa shape index (κ3) is 3.78. The van der Waals surface area contributed by atoms with Crippen molar-refractivity contribution < 1.29 is 4.79 Å². The lowest BCUT2D eigenvalue weighted by atomic mass is 10.0. The van der Waals surface area contributed by atoms with E-state index in [1.165, 1.54) is 4.88 Å². The summed E-state index contributed by atoms with van der Waals surface area (Å²) in [5.41, 5.74) is 6.30. The molecular formula is C13H20BrN3OS. The van der Waals surface area contributed by atoms with E-state index in [-0.39, 0.29) is 18.0 Å². The minimum atomic E-state index is 0.0523. The molecular weight excluding hydrogens is 326 g/mol. The van der Waals surface area contributed by atoms with E-state index >= 15 is 0 Å². The van der Waals surface area contributed by atoms with Gasteiger partial charge >= 0.3 is 0 Å². The first-order chi connectivity index (χ1) is 9.11. The number of nitrogens with two attached hydrogens (primary N) is 1. The first kappa shape index (κ1) is 15.0. The van der Waals surface area contributed by atoms with Gasteiger partial charge in [-0.2, -0.15) is 0 Å². The van der Waals surface area contributed by atoms with Crippen LogP contribution in [0, 0.1) is 0 Å². The predicted molar refractivity (Wildman–Crippen MR) is 82.2 cm³/mol. The van der Waals surface area contributed by atoms with Crippen LogP contribution in [0.5, 0.6) is 0 Å². The van der Waals surface area contributed by atoms with Gasteiger partial charge in [0.15, 0.2) is 0 Å². The number of nitrogens with zero attached hydrogens (tertiary/aromatic N) is 1. The monoisotopic (exact) mass is 345 g/mol. The summed E-state index contributed by atoms with van der Waals surface area (Å²) < 4.78 is 1.08. The quantitative estimate of drug-likeness (QED) is 0.878. The van der Waals surface area contributed by atoms with Crippen molar-refractivity contribution in [2.75, 3.05) is 19.6 Å². The third-order valence-electron chi connectivity index (χ3n) is 3.44. The van der Waals surface area contributed by atoms with E-state index in [2.05, 4.69) is 44.5 Å². The maximum Gasteiger partial charge on any atom is 0.234 e. The van der Waals surface area contributed by atoms with Crippen LogP contribution in [0.25, 0.3) is 0 Å². The molecule has 0 spiro atoms. The number of hydrogen-bond acceptors (Lipinski definition) is 4. The van der Waals surface area contributed by atoms with Gasteiger partial charge in [-0.25, -0.2) is 0 Å². The largest absolute Gasteiger partial charge is 0.355 e. The maximum atomic E-state index is 11.7. The van der Waals surface area contributed by atoms with Gasteiger partial charge in [0.05, 0.1) is 12.6 Å². The molecule has 1 aromatic heterocycles. The Kier molecular flexibility index (Phi) is 5.38. The standard InChI is InChI=1S/C13H20BrN3OS/c1-2-10(15)13(11-6-9(14)8-19-11)17-5-3-4-16-12(18)7-17/h6,8,10,13H,2-5,7,15H2,1H3,(H,16,18). The molecule has 2 heterocycles. The molecule has 0 saturated carbocycles. The second-order valence-electron chi connectivity index (χ2n) is 4.86. The van der Waals surface area contributed by atoms with Crippen LogP contribution in [0.2, 0.25) is 0 Å². The van der Waals surface area contributed by atoms with Crippen LogP contribution < -0.4 is 11.1 Å². The van der Waals surface area contributed by atoms with Gasteiger partial charge in [0.1, 0.15) is 0 Å². The molecule has 6 heteroatoms. The van der Waals surface area contributed by atoms with Gasteiger partial charge in [-0.05, 0) is 34.8 Å². The zero-order valence-electron chi connectivity index (χ0n) is 11.1. The molecule has 1 aromatic rings. The zero-order valence-corrected chi connectivity index (χ0v) is 13.5. The molecule has 2 atom stereocenters. The molecule has 19 heavy (non-hydrogen) atoms. The van der Waals surface area contributed by atoms with E-state index in [1.807, 2.05) is 0 Å². The molecule has 1 aliphatic rings.